The van der Waals surface area contributed by atoms with E-state index in [2.05, 4.69) is 0 Å². The van der Waals surface area contributed by atoms with Gasteiger partial charge in [0, 0.05) is 29.1 Å². The fraction of sp³-hybridized carbons (Fsp3) is 0.211. The molecule has 2 rings (SSSR count). The zero-order chi connectivity index (χ0) is 20.0. The summed E-state index contributed by atoms with van der Waals surface area (Å²) in [6.45, 7) is 1.37. The zero-order valence-corrected chi connectivity index (χ0v) is 15.4. The molecule has 0 heterocycles. The van der Waals surface area contributed by atoms with Gasteiger partial charge in [0.2, 0.25) is 11.8 Å². The first-order chi connectivity index (χ1) is 12.8. The van der Waals surface area contributed by atoms with Gasteiger partial charge in [-0.15, -0.1) is 11.8 Å². The minimum atomic E-state index is -0.592. The standard InChI is InChI=1S/C19H18F2N2O3S/c1-12(24)13-2-7-17(16(21)10-13)27-11-19(26)23(9-8-18(22)25)15-5-3-14(20)4-6-15/h2-7,10H,8-9,11H2,1H3,(H2,22,25). The summed E-state index contributed by atoms with van der Waals surface area (Å²) in [5, 5.41) is 0. The number of thioether (sulfide) groups is 1. The van der Waals surface area contributed by atoms with Gasteiger partial charge in [-0.2, -0.15) is 0 Å². The molecule has 5 nitrogen and oxygen atoms in total. The maximum atomic E-state index is 14.1. The smallest absolute Gasteiger partial charge is 0.237 e. The lowest BCUT2D eigenvalue weighted by Gasteiger charge is -2.22. The zero-order valence-electron chi connectivity index (χ0n) is 14.6. The van der Waals surface area contributed by atoms with Crippen LogP contribution in [0.1, 0.15) is 23.7 Å². The number of nitrogens with zero attached hydrogens (tertiary/aromatic N) is 1. The van der Waals surface area contributed by atoms with Crippen molar-refractivity contribution in [1.82, 2.24) is 0 Å². The molecule has 0 saturated heterocycles. The van der Waals surface area contributed by atoms with Crippen molar-refractivity contribution in [2.75, 3.05) is 17.2 Å². The number of Topliss-reactive ketones (excluding diaryl/α,β-unsaturated/α-hetero) is 1. The van der Waals surface area contributed by atoms with Crippen LogP contribution in [0.4, 0.5) is 14.5 Å². The van der Waals surface area contributed by atoms with Crippen LogP contribution in [0.2, 0.25) is 0 Å². The van der Waals surface area contributed by atoms with Crippen LogP contribution in [-0.4, -0.2) is 29.9 Å². The molecule has 0 bridgehead atoms. The molecule has 2 aromatic carbocycles. The van der Waals surface area contributed by atoms with Crippen LogP contribution < -0.4 is 10.6 Å². The van der Waals surface area contributed by atoms with Crippen LogP contribution in [0, 0.1) is 11.6 Å². The first kappa shape index (κ1) is 20.6. The summed E-state index contributed by atoms with van der Waals surface area (Å²) in [5.74, 6) is -2.37. The average Bonchev–Trinajstić information content (AvgIpc) is 2.61. The molecule has 8 heteroatoms. The third-order valence-electron chi connectivity index (χ3n) is 3.71. The minimum absolute atomic E-state index is 0.0338. The minimum Gasteiger partial charge on any atom is -0.370 e. The molecule has 2 aromatic rings. The molecule has 142 valence electrons. The highest BCUT2D eigenvalue weighted by Gasteiger charge is 2.18. The summed E-state index contributed by atoms with van der Waals surface area (Å²) in [7, 11) is 0. The number of benzene rings is 2. The van der Waals surface area contributed by atoms with Gasteiger partial charge < -0.3 is 10.6 Å². The van der Waals surface area contributed by atoms with Crippen molar-refractivity contribution in [2.45, 2.75) is 18.2 Å². The first-order valence-corrected chi connectivity index (χ1v) is 9.04. The second-order valence-corrected chi connectivity index (χ2v) is 6.75. The van der Waals surface area contributed by atoms with Gasteiger partial charge in [0.1, 0.15) is 11.6 Å². The Morgan fingerprint density at radius 1 is 1.07 bits per heavy atom. The molecule has 0 unspecified atom stereocenters. The molecule has 2 N–H and O–H groups in total. The highest BCUT2D eigenvalue weighted by Crippen LogP contribution is 2.24. The van der Waals surface area contributed by atoms with Gasteiger partial charge in [0.05, 0.1) is 5.75 Å². The molecule has 0 radical (unpaired) electrons. The molecule has 0 aliphatic heterocycles. The summed E-state index contributed by atoms with van der Waals surface area (Å²) in [6, 6.07) is 9.29. The van der Waals surface area contributed by atoms with Gasteiger partial charge in [-0.3, -0.25) is 14.4 Å². The normalized spacial score (nSPS) is 10.5. The number of nitrogens with two attached hydrogens (primary N) is 1. The van der Waals surface area contributed by atoms with E-state index >= 15 is 0 Å². The number of hydrogen-bond acceptors (Lipinski definition) is 4. The summed E-state index contributed by atoms with van der Waals surface area (Å²) >= 11 is 0.968. The number of carbonyl (C=O) groups is 3. The van der Waals surface area contributed by atoms with Crippen LogP contribution in [-0.2, 0) is 9.59 Å². The molecular formula is C19H18F2N2O3S. The van der Waals surface area contributed by atoms with Gasteiger partial charge in [-0.1, -0.05) is 6.07 Å². The number of ketones is 1. The highest BCUT2D eigenvalue weighted by molar-refractivity contribution is 8.00. The van der Waals surface area contributed by atoms with E-state index < -0.39 is 17.5 Å². The van der Waals surface area contributed by atoms with Crippen LogP contribution in [0.25, 0.3) is 0 Å². The van der Waals surface area contributed by atoms with Gasteiger partial charge in [-0.05, 0) is 43.3 Å². The molecule has 0 atom stereocenters. The summed E-state index contributed by atoms with van der Waals surface area (Å²) < 4.78 is 27.2. The average molecular weight is 392 g/mol. The van der Waals surface area contributed by atoms with Gasteiger partial charge >= 0.3 is 0 Å². The second kappa shape index (κ2) is 9.27. The van der Waals surface area contributed by atoms with Crippen LogP contribution in [0.5, 0.6) is 0 Å². The predicted octanol–water partition coefficient (Wildman–Crippen LogP) is 3.17. The van der Waals surface area contributed by atoms with Crippen molar-refractivity contribution in [3.05, 3.63) is 59.7 Å². The molecule has 27 heavy (non-hydrogen) atoms. The summed E-state index contributed by atoms with van der Waals surface area (Å²) in [6.07, 6.45) is -0.0601. The van der Waals surface area contributed by atoms with E-state index in [1.165, 1.54) is 48.2 Å². The molecule has 2 amide bonds. The summed E-state index contributed by atoms with van der Waals surface area (Å²) in [5.41, 5.74) is 5.81. The Morgan fingerprint density at radius 2 is 1.74 bits per heavy atom. The number of anilines is 1. The van der Waals surface area contributed by atoms with E-state index in [9.17, 15) is 23.2 Å². The lowest BCUT2D eigenvalue weighted by Crippen LogP contribution is -2.35. The van der Waals surface area contributed by atoms with Gasteiger partial charge in [0.15, 0.2) is 5.78 Å². The molecular weight excluding hydrogens is 374 g/mol. The second-order valence-electron chi connectivity index (χ2n) is 5.73. The van der Waals surface area contributed by atoms with Crippen LogP contribution in [0.15, 0.2) is 47.4 Å². The maximum Gasteiger partial charge on any atom is 0.237 e. The third-order valence-corrected chi connectivity index (χ3v) is 4.74. The molecule has 0 saturated carbocycles. The van der Waals surface area contributed by atoms with Crippen molar-refractivity contribution in [1.29, 1.82) is 0 Å². The Hall–Kier alpha value is -2.74. The monoisotopic (exact) mass is 392 g/mol. The molecule has 0 aromatic heterocycles. The van der Waals surface area contributed by atoms with Crippen molar-refractivity contribution < 1.29 is 23.2 Å². The maximum absolute atomic E-state index is 14.1. The Kier molecular flexibility index (Phi) is 7.06. The molecule has 0 aliphatic carbocycles. The number of hydrogen-bond donors (Lipinski definition) is 1. The van der Waals surface area contributed by atoms with E-state index in [1.807, 2.05) is 0 Å². The molecule has 0 spiro atoms. The molecule has 0 fully saturated rings. The van der Waals surface area contributed by atoms with Gasteiger partial charge in [-0.25, -0.2) is 8.78 Å². The van der Waals surface area contributed by atoms with Crippen LogP contribution in [0.3, 0.4) is 0 Å². The Bertz CT molecular complexity index is 857. The fourth-order valence-electron chi connectivity index (χ4n) is 2.30. The Morgan fingerprint density at radius 3 is 2.30 bits per heavy atom. The Balaban J connectivity index is 2.12. The number of amides is 2. The number of primary amides is 1. The van der Waals surface area contributed by atoms with E-state index in [1.54, 1.807) is 0 Å². The number of carbonyl (C=O) groups excluding carboxylic acids is 3. The SMILES string of the molecule is CC(=O)c1ccc(SCC(=O)N(CCC(N)=O)c2ccc(F)cc2)c(F)c1. The number of halogens is 2. The van der Waals surface area contributed by atoms with Gasteiger partial charge in [0.25, 0.3) is 0 Å². The topological polar surface area (TPSA) is 80.5 Å². The quantitative estimate of drug-likeness (QED) is 0.553. The largest absolute Gasteiger partial charge is 0.370 e. The fourth-order valence-corrected chi connectivity index (χ4v) is 3.09. The van der Waals surface area contributed by atoms with E-state index in [4.69, 9.17) is 5.73 Å². The lowest BCUT2D eigenvalue weighted by atomic mass is 10.1. The molecule has 0 aliphatic rings. The van der Waals surface area contributed by atoms with Crippen molar-refractivity contribution in [2.24, 2.45) is 5.73 Å². The van der Waals surface area contributed by atoms with E-state index in [0.29, 0.717) is 5.69 Å². The summed E-state index contributed by atoms with van der Waals surface area (Å²) in [4.78, 5) is 36.5. The Labute approximate surface area is 159 Å². The predicted molar refractivity (Wildman–Crippen MR) is 99.7 cm³/mol. The third kappa shape index (κ3) is 5.89. The van der Waals surface area contributed by atoms with Crippen molar-refractivity contribution >= 4 is 35.0 Å². The first-order valence-electron chi connectivity index (χ1n) is 8.05. The van der Waals surface area contributed by atoms with E-state index in [-0.39, 0.29) is 40.9 Å². The van der Waals surface area contributed by atoms with Crippen molar-refractivity contribution in [3.63, 3.8) is 0 Å². The van der Waals surface area contributed by atoms with Crippen LogP contribution >= 0.6 is 11.8 Å². The van der Waals surface area contributed by atoms with Crippen molar-refractivity contribution in [3.8, 4) is 0 Å². The highest BCUT2D eigenvalue weighted by atomic mass is 32.2. The van der Waals surface area contributed by atoms with E-state index in [0.717, 1.165) is 17.8 Å². The number of rotatable bonds is 8. The lowest BCUT2D eigenvalue weighted by molar-refractivity contribution is -0.118.